The third-order valence-electron chi connectivity index (χ3n) is 5.12. The molecule has 1 saturated heterocycles. The minimum Gasteiger partial charge on any atom is -0.366 e. The van der Waals surface area contributed by atoms with Gasteiger partial charge in [-0.15, -0.1) is 0 Å². The van der Waals surface area contributed by atoms with Crippen molar-refractivity contribution in [3.8, 4) is 0 Å². The molecule has 4 amide bonds. The monoisotopic (exact) mass is 428 g/mol. The van der Waals surface area contributed by atoms with Gasteiger partial charge in [0.05, 0.1) is 6.42 Å². The highest BCUT2D eigenvalue weighted by Gasteiger charge is 2.24. The van der Waals surface area contributed by atoms with E-state index in [-0.39, 0.29) is 18.4 Å². The lowest BCUT2D eigenvalue weighted by atomic mass is 10.1. The Morgan fingerprint density at radius 2 is 1.67 bits per heavy atom. The van der Waals surface area contributed by atoms with Crippen molar-refractivity contribution in [2.45, 2.75) is 12.8 Å². The fourth-order valence-electron chi connectivity index (χ4n) is 3.38. The van der Waals surface area contributed by atoms with Crippen LogP contribution in [0.5, 0.6) is 0 Å². The maximum Gasteiger partial charge on any atom is 0.317 e. The van der Waals surface area contributed by atoms with Crippen molar-refractivity contribution < 1.29 is 14.4 Å². The number of carbonyl (C=O) groups excluding carboxylic acids is 3. The molecule has 8 heteroatoms. The van der Waals surface area contributed by atoms with Crippen LogP contribution in [0.4, 0.5) is 4.79 Å². The number of urea groups is 1. The SMILES string of the molecule is NC(=O)c1cccc(CCNC(=O)N2CCN(C(=O)Cc3ccccc3Cl)CC2)c1. The zero-order valence-electron chi connectivity index (χ0n) is 16.6. The van der Waals surface area contributed by atoms with Crippen LogP contribution in [-0.4, -0.2) is 60.4 Å². The summed E-state index contributed by atoms with van der Waals surface area (Å²) in [5.41, 5.74) is 7.49. The lowest BCUT2D eigenvalue weighted by molar-refractivity contribution is -0.131. The lowest BCUT2D eigenvalue weighted by Crippen LogP contribution is -2.53. The smallest absolute Gasteiger partial charge is 0.317 e. The summed E-state index contributed by atoms with van der Waals surface area (Å²) in [6.45, 7) is 2.41. The van der Waals surface area contributed by atoms with Crippen LogP contribution < -0.4 is 11.1 Å². The molecule has 3 N–H and O–H groups in total. The minimum absolute atomic E-state index is 0.0116. The number of hydrogen-bond acceptors (Lipinski definition) is 3. The molecule has 1 heterocycles. The van der Waals surface area contributed by atoms with E-state index >= 15 is 0 Å². The molecule has 7 nitrogen and oxygen atoms in total. The molecule has 0 bridgehead atoms. The predicted molar refractivity (Wildman–Crippen MR) is 115 cm³/mol. The van der Waals surface area contributed by atoms with Gasteiger partial charge in [0.2, 0.25) is 11.8 Å². The maximum absolute atomic E-state index is 12.5. The summed E-state index contributed by atoms with van der Waals surface area (Å²) in [7, 11) is 0. The Morgan fingerprint density at radius 3 is 2.37 bits per heavy atom. The molecule has 0 aliphatic carbocycles. The number of amides is 4. The normalized spacial score (nSPS) is 13.8. The van der Waals surface area contributed by atoms with Gasteiger partial charge in [0.25, 0.3) is 0 Å². The first kappa shape index (κ1) is 21.6. The predicted octanol–water partition coefficient (Wildman–Crippen LogP) is 2.08. The molecule has 3 rings (SSSR count). The largest absolute Gasteiger partial charge is 0.366 e. The highest BCUT2D eigenvalue weighted by atomic mass is 35.5. The topological polar surface area (TPSA) is 95.7 Å². The van der Waals surface area contributed by atoms with Crippen LogP contribution in [0.15, 0.2) is 48.5 Å². The van der Waals surface area contributed by atoms with Crippen molar-refractivity contribution in [3.05, 3.63) is 70.2 Å². The molecule has 2 aromatic carbocycles. The Bertz CT molecular complexity index is 926. The highest BCUT2D eigenvalue weighted by Crippen LogP contribution is 2.17. The van der Waals surface area contributed by atoms with Crippen molar-refractivity contribution in [2.75, 3.05) is 32.7 Å². The summed E-state index contributed by atoms with van der Waals surface area (Å²) in [6, 6.07) is 14.2. The van der Waals surface area contributed by atoms with Gasteiger partial charge >= 0.3 is 6.03 Å². The van der Waals surface area contributed by atoms with Crippen LogP contribution in [0, 0.1) is 0 Å². The van der Waals surface area contributed by atoms with Crippen molar-refractivity contribution >= 4 is 29.4 Å². The Balaban J connectivity index is 1.42. The van der Waals surface area contributed by atoms with E-state index in [1.54, 1.807) is 34.1 Å². The molecular weight excluding hydrogens is 404 g/mol. The number of nitrogens with zero attached hydrogens (tertiary/aromatic N) is 2. The summed E-state index contributed by atoms with van der Waals surface area (Å²) >= 11 is 6.13. The first-order valence-electron chi connectivity index (χ1n) is 9.87. The van der Waals surface area contributed by atoms with E-state index < -0.39 is 5.91 Å². The quantitative estimate of drug-likeness (QED) is 0.737. The van der Waals surface area contributed by atoms with Crippen LogP contribution >= 0.6 is 11.6 Å². The number of benzene rings is 2. The molecule has 158 valence electrons. The van der Waals surface area contributed by atoms with Crippen LogP contribution in [-0.2, 0) is 17.6 Å². The fraction of sp³-hybridized carbons (Fsp3) is 0.318. The maximum atomic E-state index is 12.5. The molecule has 0 spiro atoms. The molecule has 30 heavy (non-hydrogen) atoms. The van der Waals surface area contributed by atoms with Gasteiger partial charge in [-0.05, 0) is 35.7 Å². The van der Waals surface area contributed by atoms with E-state index in [0.29, 0.717) is 49.7 Å². The summed E-state index contributed by atoms with van der Waals surface area (Å²) in [6.07, 6.45) is 0.860. The average Bonchev–Trinajstić information content (AvgIpc) is 2.75. The van der Waals surface area contributed by atoms with Gasteiger partial charge in [0.1, 0.15) is 0 Å². The number of nitrogens with one attached hydrogen (secondary N) is 1. The van der Waals surface area contributed by atoms with E-state index in [1.807, 2.05) is 24.3 Å². The number of hydrogen-bond donors (Lipinski definition) is 2. The fourth-order valence-corrected chi connectivity index (χ4v) is 3.58. The first-order chi connectivity index (χ1) is 14.4. The molecule has 0 aromatic heterocycles. The van der Waals surface area contributed by atoms with Gasteiger partial charge in [-0.25, -0.2) is 4.79 Å². The van der Waals surface area contributed by atoms with E-state index in [2.05, 4.69) is 5.32 Å². The van der Waals surface area contributed by atoms with Crippen LogP contribution in [0.25, 0.3) is 0 Å². The van der Waals surface area contributed by atoms with E-state index in [4.69, 9.17) is 17.3 Å². The first-order valence-corrected chi connectivity index (χ1v) is 10.2. The number of halogens is 1. The minimum atomic E-state index is -0.470. The summed E-state index contributed by atoms with van der Waals surface area (Å²) in [5.74, 6) is -0.458. The zero-order chi connectivity index (χ0) is 21.5. The third-order valence-corrected chi connectivity index (χ3v) is 5.49. The van der Waals surface area contributed by atoms with E-state index in [9.17, 15) is 14.4 Å². The van der Waals surface area contributed by atoms with Crippen molar-refractivity contribution in [3.63, 3.8) is 0 Å². The summed E-state index contributed by atoms with van der Waals surface area (Å²) < 4.78 is 0. The third kappa shape index (κ3) is 5.73. The Kier molecular flexibility index (Phi) is 7.30. The van der Waals surface area contributed by atoms with Gasteiger partial charge in [-0.1, -0.05) is 41.9 Å². The van der Waals surface area contributed by atoms with Gasteiger partial charge < -0.3 is 20.9 Å². The number of carbonyl (C=O) groups is 3. The molecule has 1 fully saturated rings. The zero-order valence-corrected chi connectivity index (χ0v) is 17.4. The molecule has 0 unspecified atom stereocenters. The standard InChI is InChI=1S/C22H25ClN4O3/c23-19-7-2-1-5-17(19)15-20(28)26-10-12-27(13-11-26)22(30)25-9-8-16-4-3-6-18(14-16)21(24)29/h1-7,14H,8-13,15H2,(H2,24,29)(H,25,30). The molecule has 1 aliphatic rings. The Morgan fingerprint density at radius 1 is 0.967 bits per heavy atom. The van der Waals surface area contributed by atoms with Gasteiger partial charge in [0, 0.05) is 43.3 Å². The lowest BCUT2D eigenvalue weighted by Gasteiger charge is -2.34. The highest BCUT2D eigenvalue weighted by molar-refractivity contribution is 6.31. The average molecular weight is 429 g/mol. The number of nitrogens with two attached hydrogens (primary N) is 1. The molecule has 2 aromatic rings. The number of primary amides is 1. The second-order valence-electron chi connectivity index (χ2n) is 7.18. The van der Waals surface area contributed by atoms with Gasteiger partial charge in [-0.2, -0.15) is 0 Å². The van der Waals surface area contributed by atoms with Crippen molar-refractivity contribution in [1.82, 2.24) is 15.1 Å². The van der Waals surface area contributed by atoms with Gasteiger partial charge in [-0.3, -0.25) is 9.59 Å². The van der Waals surface area contributed by atoms with Crippen LogP contribution in [0.3, 0.4) is 0 Å². The molecule has 0 saturated carbocycles. The summed E-state index contributed by atoms with van der Waals surface area (Å²) in [4.78, 5) is 39.6. The van der Waals surface area contributed by atoms with Crippen LogP contribution in [0.1, 0.15) is 21.5 Å². The Labute approximate surface area is 180 Å². The Hall–Kier alpha value is -3.06. The number of piperazine rings is 1. The number of rotatable bonds is 6. The van der Waals surface area contributed by atoms with E-state index in [1.165, 1.54) is 0 Å². The van der Waals surface area contributed by atoms with Crippen LogP contribution in [0.2, 0.25) is 5.02 Å². The van der Waals surface area contributed by atoms with Crippen molar-refractivity contribution in [2.24, 2.45) is 5.73 Å². The molecule has 1 aliphatic heterocycles. The molecular formula is C22H25ClN4O3. The molecule has 0 radical (unpaired) electrons. The second-order valence-corrected chi connectivity index (χ2v) is 7.59. The van der Waals surface area contributed by atoms with Gasteiger partial charge in [0.15, 0.2) is 0 Å². The second kappa shape index (κ2) is 10.1. The van der Waals surface area contributed by atoms with E-state index in [0.717, 1.165) is 11.1 Å². The van der Waals surface area contributed by atoms with Crippen molar-refractivity contribution in [1.29, 1.82) is 0 Å². The molecule has 0 atom stereocenters. The summed E-state index contributed by atoms with van der Waals surface area (Å²) in [5, 5.41) is 3.48.